The molecule has 1 aromatic carbocycles. The van der Waals surface area contributed by atoms with Crippen molar-refractivity contribution in [2.45, 2.75) is 26.4 Å². The molecule has 1 N–H and O–H groups in total. The Morgan fingerprint density at radius 3 is 2.72 bits per heavy atom. The first-order valence-electron chi connectivity index (χ1n) is 5.80. The molecule has 0 aliphatic rings. The summed E-state index contributed by atoms with van der Waals surface area (Å²) in [6, 6.07) is 8.32. The first-order chi connectivity index (χ1) is 8.56. The lowest BCUT2D eigenvalue weighted by atomic mass is 10.1. The second-order valence-corrected chi connectivity index (χ2v) is 4.69. The van der Waals surface area contributed by atoms with Gasteiger partial charge in [-0.25, -0.2) is 4.39 Å². The minimum Gasteiger partial charge on any atom is -0.465 e. The molecule has 1 atom stereocenters. The van der Waals surface area contributed by atoms with Crippen molar-refractivity contribution in [3.63, 3.8) is 0 Å². The molecular formula is C14H15ClFNO. The molecule has 2 rings (SSSR count). The lowest BCUT2D eigenvalue weighted by molar-refractivity contribution is 0.444. The predicted octanol–water partition coefficient (Wildman–Crippen LogP) is 4.23. The average molecular weight is 268 g/mol. The molecular weight excluding hydrogens is 253 g/mol. The van der Waals surface area contributed by atoms with Crippen molar-refractivity contribution < 1.29 is 8.81 Å². The SMILES string of the molecule is Cc1ccc(CNC(C)c2ccc(F)cc2Cl)o1. The van der Waals surface area contributed by atoms with Gasteiger partial charge < -0.3 is 9.73 Å². The average Bonchev–Trinajstić information content (AvgIpc) is 2.72. The minimum atomic E-state index is -0.322. The van der Waals surface area contributed by atoms with Crippen LogP contribution in [0.4, 0.5) is 4.39 Å². The normalized spacial score (nSPS) is 12.7. The zero-order chi connectivity index (χ0) is 13.1. The Kier molecular flexibility index (Phi) is 4.04. The number of hydrogen-bond donors (Lipinski definition) is 1. The predicted molar refractivity (Wildman–Crippen MR) is 70.1 cm³/mol. The van der Waals surface area contributed by atoms with E-state index >= 15 is 0 Å². The number of furan rings is 1. The summed E-state index contributed by atoms with van der Waals surface area (Å²) < 4.78 is 18.4. The highest BCUT2D eigenvalue weighted by Gasteiger charge is 2.10. The highest BCUT2D eigenvalue weighted by Crippen LogP contribution is 2.24. The van der Waals surface area contributed by atoms with Gasteiger partial charge in [0.1, 0.15) is 17.3 Å². The molecule has 96 valence electrons. The fourth-order valence-corrected chi connectivity index (χ4v) is 2.13. The van der Waals surface area contributed by atoms with E-state index in [1.807, 2.05) is 26.0 Å². The van der Waals surface area contributed by atoms with Gasteiger partial charge in [0.05, 0.1) is 6.54 Å². The van der Waals surface area contributed by atoms with E-state index in [1.54, 1.807) is 6.07 Å². The van der Waals surface area contributed by atoms with Crippen molar-refractivity contribution in [2.75, 3.05) is 0 Å². The van der Waals surface area contributed by atoms with Crippen LogP contribution < -0.4 is 5.32 Å². The molecule has 0 spiro atoms. The van der Waals surface area contributed by atoms with Gasteiger partial charge >= 0.3 is 0 Å². The van der Waals surface area contributed by atoms with Crippen LogP contribution in [0.5, 0.6) is 0 Å². The maximum atomic E-state index is 12.9. The van der Waals surface area contributed by atoms with E-state index in [9.17, 15) is 4.39 Å². The minimum absolute atomic E-state index is 0.0310. The van der Waals surface area contributed by atoms with Gasteiger partial charge in [-0.2, -0.15) is 0 Å². The van der Waals surface area contributed by atoms with Crippen molar-refractivity contribution in [1.82, 2.24) is 5.32 Å². The monoisotopic (exact) mass is 267 g/mol. The molecule has 0 radical (unpaired) electrons. The van der Waals surface area contributed by atoms with Gasteiger partial charge in [0.15, 0.2) is 0 Å². The second-order valence-electron chi connectivity index (χ2n) is 4.28. The van der Waals surface area contributed by atoms with Gasteiger partial charge in [-0.3, -0.25) is 0 Å². The molecule has 1 heterocycles. The van der Waals surface area contributed by atoms with Crippen molar-refractivity contribution >= 4 is 11.6 Å². The highest BCUT2D eigenvalue weighted by molar-refractivity contribution is 6.31. The number of hydrogen-bond acceptors (Lipinski definition) is 2. The summed E-state index contributed by atoms with van der Waals surface area (Å²) in [5.74, 6) is 1.44. The molecule has 0 saturated carbocycles. The molecule has 1 aromatic heterocycles. The molecule has 2 nitrogen and oxygen atoms in total. The molecule has 0 aliphatic carbocycles. The zero-order valence-corrected chi connectivity index (χ0v) is 11.1. The third-order valence-electron chi connectivity index (χ3n) is 2.81. The van der Waals surface area contributed by atoms with E-state index in [2.05, 4.69) is 5.32 Å². The van der Waals surface area contributed by atoms with Crippen molar-refractivity contribution in [3.8, 4) is 0 Å². The Balaban J connectivity index is 2.01. The van der Waals surface area contributed by atoms with Gasteiger partial charge in [0.25, 0.3) is 0 Å². The smallest absolute Gasteiger partial charge is 0.124 e. The first-order valence-corrected chi connectivity index (χ1v) is 6.17. The lowest BCUT2D eigenvalue weighted by Crippen LogP contribution is -2.18. The summed E-state index contributed by atoms with van der Waals surface area (Å²) in [6.45, 7) is 4.50. The van der Waals surface area contributed by atoms with Crippen LogP contribution in [0.25, 0.3) is 0 Å². The second kappa shape index (κ2) is 5.55. The lowest BCUT2D eigenvalue weighted by Gasteiger charge is -2.14. The summed E-state index contributed by atoms with van der Waals surface area (Å²) in [5, 5.41) is 3.72. The van der Waals surface area contributed by atoms with Gasteiger partial charge in [-0.05, 0) is 43.7 Å². The first kappa shape index (κ1) is 13.1. The number of benzene rings is 1. The van der Waals surface area contributed by atoms with Crippen LogP contribution in [-0.2, 0) is 6.54 Å². The summed E-state index contributed by atoms with van der Waals surface area (Å²) in [7, 11) is 0. The number of aryl methyl sites for hydroxylation is 1. The Bertz CT molecular complexity index is 538. The van der Waals surface area contributed by atoms with Gasteiger partial charge in [-0.15, -0.1) is 0 Å². The Morgan fingerprint density at radius 1 is 1.33 bits per heavy atom. The van der Waals surface area contributed by atoms with Crippen molar-refractivity contribution in [3.05, 3.63) is 58.3 Å². The fraction of sp³-hybridized carbons (Fsp3) is 0.286. The van der Waals surface area contributed by atoms with E-state index in [0.717, 1.165) is 17.1 Å². The number of nitrogens with one attached hydrogen (secondary N) is 1. The summed E-state index contributed by atoms with van der Waals surface area (Å²) >= 11 is 6.01. The van der Waals surface area contributed by atoms with Crippen LogP contribution in [-0.4, -0.2) is 0 Å². The van der Waals surface area contributed by atoms with Crippen LogP contribution in [0, 0.1) is 12.7 Å². The quantitative estimate of drug-likeness (QED) is 0.897. The van der Waals surface area contributed by atoms with Gasteiger partial charge in [-0.1, -0.05) is 17.7 Å². The topological polar surface area (TPSA) is 25.2 Å². The number of rotatable bonds is 4. The van der Waals surface area contributed by atoms with E-state index in [0.29, 0.717) is 11.6 Å². The Labute approximate surface area is 111 Å². The van der Waals surface area contributed by atoms with Gasteiger partial charge in [0.2, 0.25) is 0 Å². The molecule has 0 saturated heterocycles. The molecule has 0 aliphatic heterocycles. The molecule has 0 bridgehead atoms. The largest absolute Gasteiger partial charge is 0.465 e. The third kappa shape index (κ3) is 3.12. The van der Waals surface area contributed by atoms with E-state index in [1.165, 1.54) is 12.1 Å². The maximum absolute atomic E-state index is 12.9. The standard InChI is InChI=1S/C14H15ClFNO/c1-9-3-5-12(18-9)8-17-10(2)13-6-4-11(16)7-14(13)15/h3-7,10,17H,8H2,1-2H3. The van der Waals surface area contributed by atoms with E-state index in [-0.39, 0.29) is 11.9 Å². The Hall–Kier alpha value is -1.32. The zero-order valence-electron chi connectivity index (χ0n) is 10.3. The van der Waals surface area contributed by atoms with E-state index in [4.69, 9.17) is 16.0 Å². The van der Waals surface area contributed by atoms with Crippen LogP contribution in [0.3, 0.4) is 0 Å². The van der Waals surface area contributed by atoms with Crippen LogP contribution in [0.2, 0.25) is 5.02 Å². The third-order valence-corrected chi connectivity index (χ3v) is 3.13. The van der Waals surface area contributed by atoms with Crippen molar-refractivity contribution in [2.24, 2.45) is 0 Å². The van der Waals surface area contributed by atoms with Crippen LogP contribution >= 0.6 is 11.6 Å². The molecule has 0 fully saturated rings. The number of halogens is 2. The fourth-order valence-electron chi connectivity index (χ4n) is 1.80. The van der Waals surface area contributed by atoms with Gasteiger partial charge in [0, 0.05) is 11.1 Å². The van der Waals surface area contributed by atoms with Crippen LogP contribution in [0.1, 0.15) is 30.0 Å². The summed E-state index contributed by atoms with van der Waals surface area (Å²) in [5.41, 5.74) is 0.876. The highest BCUT2D eigenvalue weighted by atomic mass is 35.5. The Morgan fingerprint density at radius 2 is 2.11 bits per heavy atom. The van der Waals surface area contributed by atoms with E-state index < -0.39 is 0 Å². The van der Waals surface area contributed by atoms with Crippen LogP contribution in [0.15, 0.2) is 34.7 Å². The molecule has 2 aromatic rings. The summed E-state index contributed by atoms with van der Waals surface area (Å²) in [4.78, 5) is 0. The summed E-state index contributed by atoms with van der Waals surface area (Å²) in [6.07, 6.45) is 0. The molecule has 4 heteroatoms. The molecule has 1 unspecified atom stereocenters. The maximum Gasteiger partial charge on any atom is 0.124 e. The molecule has 18 heavy (non-hydrogen) atoms. The molecule has 0 amide bonds. The van der Waals surface area contributed by atoms with Crippen molar-refractivity contribution in [1.29, 1.82) is 0 Å².